The molecule has 0 aliphatic heterocycles. The summed E-state index contributed by atoms with van der Waals surface area (Å²) in [6.07, 6.45) is 2.09. The molecule has 0 aliphatic rings. The minimum absolute atomic E-state index is 0.243. The second-order valence-corrected chi connectivity index (χ2v) is 4.34. The van der Waals surface area contributed by atoms with E-state index >= 15 is 0 Å². The monoisotopic (exact) mass is 245 g/mol. The van der Waals surface area contributed by atoms with Gasteiger partial charge in [-0.2, -0.15) is 0 Å². The highest BCUT2D eigenvalue weighted by atomic mass is 19.1. The van der Waals surface area contributed by atoms with E-state index in [0.29, 0.717) is 23.4 Å². The van der Waals surface area contributed by atoms with Gasteiger partial charge in [0.15, 0.2) is 0 Å². The minimum atomic E-state index is -0.420. The van der Waals surface area contributed by atoms with Crippen LogP contribution in [0.5, 0.6) is 0 Å². The second kappa shape index (κ2) is 5.14. The number of halogens is 1. The molecule has 94 valence electrons. The summed E-state index contributed by atoms with van der Waals surface area (Å²) in [6, 6.07) is 8.47. The van der Waals surface area contributed by atoms with Gasteiger partial charge in [-0.05, 0) is 30.5 Å². The number of aryl methyl sites for hydroxylation is 1. The maximum Gasteiger partial charge on any atom is 0.130 e. The molecule has 4 N–H and O–H groups in total. The summed E-state index contributed by atoms with van der Waals surface area (Å²) in [5.41, 5.74) is 13.7. The maximum absolute atomic E-state index is 13.9. The van der Waals surface area contributed by atoms with Crippen molar-refractivity contribution in [2.75, 3.05) is 5.73 Å². The van der Waals surface area contributed by atoms with E-state index in [-0.39, 0.29) is 5.82 Å². The standard InChI is InChI=1S/C14H16FN3/c1-9-4-2-6-11(13(9)15)12(16)8-10-5-3-7-18-14(10)17/h2-7,12H,8,16H2,1H3,(H2,17,18). The lowest BCUT2D eigenvalue weighted by Crippen LogP contribution is -2.16. The van der Waals surface area contributed by atoms with Gasteiger partial charge in [0, 0.05) is 17.8 Å². The third-order valence-electron chi connectivity index (χ3n) is 2.99. The highest BCUT2D eigenvalue weighted by molar-refractivity contribution is 5.40. The Morgan fingerprint density at radius 2 is 2.06 bits per heavy atom. The normalized spacial score (nSPS) is 12.4. The van der Waals surface area contributed by atoms with Crippen LogP contribution in [-0.2, 0) is 6.42 Å². The molecular weight excluding hydrogens is 229 g/mol. The smallest absolute Gasteiger partial charge is 0.130 e. The predicted octanol–water partition coefficient (Wildman–Crippen LogP) is 2.35. The molecule has 2 rings (SSSR count). The van der Waals surface area contributed by atoms with Crippen LogP contribution >= 0.6 is 0 Å². The van der Waals surface area contributed by atoms with Crippen molar-refractivity contribution in [2.24, 2.45) is 5.73 Å². The van der Waals surface area contributed by atoms with Crippen LogP contribution in [0.15, 0.2) is 36.5 Å². The molecule has 1 unspecified atom stereocenters. The van der Waals surface area contributed by atoms with Crippen LogP contribution in [0.4, 0.5) is 10.2 Å². The molecule has 1 aromatic carbocycles. The van der Waals surface area contributed by atoms with Crippen LogP contribution in [0.3, 0.4) is 0 Å². The van der Waals surface area contributed by atoms with Crippen LogP contribution in [0.1, 0.15) is 22.7 Å². The van der Waals surface area contributed by atoms with Gasteiger partial charge >= 0.3 is 0 Å². The molecular formula is C14H16FN3. The number of pyridine rings is 1. The summed E-state index contributed by atoms with van der Waals surface area (Å²) >= 11 is 0. The van der Waals surface area contributed by atoms with Gasteiger partial charge in [0.1, 0.15) is 11.6 Å². The molecule has 1 heterocycles. The van der Waals surface area contributed by atoms with Gasteiger partial charge in [-0.1, -0.05) is 24.3 Å². The van der Waals surface area contributed by atoms with Crippen molar-refractivity contribution in [3.63, 3.8) is 0 Å². The summed E-state index contributed by atoms with van der Waals surface area (Å²) < 4.78 is 13.9. The molecule has 0 aliphatic carbocycles. The van der Waals surface area contributed by atoms with Crippen molar-refractivity contribution < 1.29 is 4.39 Å². The van der Waals surface area contributed by atoms with Gasteiger partial charge in [-0.15, -0.1) is 0 Å². The molecule has 0 saturated carbocycles. The average Bonchev–Trinajstić information content (AvgIpc) is 2.35. The number of anilines is 1. The number of hydrogen-bond acceptors (Lipinski definition) is 3. The Kier molecular flexibility index (Phi) is 3.58. The van der Waals surface area contributed by atoms with Gasteiger partial charge in [0.05, 0.1) is 0 Å². The third kappa shape index (κ3) is 2.49. The lowest BCUT2D eigenvalue weighted by Gasteiger charge is -2.15. The van der Waals surface area contributed by atoms with Crippen molar-refractivity contribution in [2.45, 2.75) is 19.4 Å². The van der Waals surface area contributed by atoms with E-state index in [0.717, 1.165) is 5.56 Å². The molecule has 4 heteroatoms. The number of nitrogen functional groups attached to an aromatic ring is 1. The first-order chi connectivity index (χ1) is 8.59. The molecule has 1 aromatic heterocycles. The van der Waals surface area contributed by atoms with E-state index in [2.05, 4.69) is 4.98 Å². The summed E-state index contributed by atoms with van der Waals surface area (Å²) in [7, 11) is 0. The van der Waals surface area contributed by atoms with Crippen LogP contribution in [-0.4, -0.2) is 4.98 Å². The fraction of sp³-hybridized carbons (Fsp3) is 0.214. The van der Waals surface area contributed by atoms with E-state index in [1.165, 1.54) is 0 Å². The fourth-order valence-electron chi connectivity index (χ4n) is 1.93. The zero-order chi connectivity index (χ0) is 13.1. The molecule has 0 amide bonds. The number of hydrogen-bond donors (Lipinski definition) is 2. The minimum Gasteiger partial charge on any atom is -0.383 e. The third-order valence-corrected chi connectivity index (χ3v) is 2.99. The molecule has 2 aromatic rings. The number of nitrogens with two attached hydrogens (primary N) is 2. The van der Waals surface area contributed by atoms with Crippen LogP contribution in [0.2, 0.25) is 0 Å². The number of benzene rings is 1. The summed E-state index contributed by atoms with van der Waals surface area (Å²) in [5, 5.41) is 0. The molecule has 0 bridgehead atoms. The van der Waals surface area contributed by atoms with Gasteiger partial charge in [0.25, 0.3) is 0 Å². The van der Waals surface area contributed by atoms with Crippen LogP contribution in [0, 0.1) is 12.7 Å². The van der Waals surface area contributed by atoms with Crippen LogP contribution < -0.4 is 11.5 Å². The lowest BCUT2D eigenvalue weighted by molar-refractivity contribution is 0.573. The van der Waals surface area contributed by atoms with E-state index in [4.69, 9.17) is 11.5 Å². The number of aromatic nitrogens is 1. The highest BCUT2D eigenvalue weighted by Gasteiger charge is 2.14. The van der Waals surface area contributed by atoms with E-state index in [1.54, 1.807) is 37.4 Å². The molecule has 1 atom stereocenters. The Labute approximate surface area is 106 Å². The van der Waals surface area contributed by atoms with Crippen molar-refractivity contribution in [3.8, 4) is 0 Å². The first-order valence-electron chi connectivity index (χ1n) is 5.79. The Balaban J connectivity index is 2.25. The Morgan fingerprint density at radius 3 is 2.78 bits per heavy atom. The fourth-order valence-corrected chi connectivity index (χ4v) is 1.93. The van der Waals surface area contributed by atoms with Crippen molar-refractivity contribution in [3.05, 3.63) is 59.0 Å². The molecule has 0 fully saturated rings. The second-order valence-electron chi connectivity index (χ2n) is 4.34. The summed E-state index contributed by atoms with van der Waals surface area (Å²) in [6.45, 7) is 1.73. The molecule has 18 heavy (non-hydrogen) atoms. The van der Waals surface area contributed by atoms with Crippen molar-refractivity contribution in [1.82, 2.24) is 4.98 Å². The first kappa shape index (κ1) is 12.5. The molecule has 0 saturated heterocycles. The molecule has 3 nitrogen and oxygen atoms in total. The zero-order valence-corrected chi connectivity index (χ0v) is 10.2. The Morgan fingerprint density at radius 1 is 1.28 bits per heavy atom. The predicted molar refractivity (Wildman–Crippen MR) is 70.4 cm³/mol. The van der Waals surface area contributed by atoms with Crippen LogP contribution in [0.25, 0.3) is 0 Å². The summed E-state index contributed by atoms with van der Waals surface area (Å²) in [5.74, 6) is 0.202. The number of rotatable bonds is 3. The Bertz CT molecular complexity index is 554. The first-order valence-corrected chi connectivity index (χ1v) is 5.79. The maximum atomic E-state index is 13.9. The topological polar surface area (TPSA) is 64.9 Å². The van der Waals surface area contributed by atoms with Gasteiger partial charge in [-0.25, -0.2) is 9.37 Å². The SMILES string of the molecule is Cc1cccc(C(N)Cc2cccnc2N)c1F. The molecule has 0 radical (unpaired) electrons. The summed E-state index contributed by atoms with van der Waals surface area (Å²) in [4.78, 5) is 3.99. The zero-order valence-electron chi connectivity index (χ0n) is 10.2. The highest BCUT2D eigenvalue weighted by Crippen LogP contribution is 2.22. The largest absolute Gasteiger partial charge is 0.383 e. The van der Waals surface area contributed by atoms with E-state index in [1.807, 2.05) is 6.07 Å². The van der Waals surface area contributed by atoms with E-state index in [9.17, 15) is 4.39 Å². The average molecular weight is 245 g/mol. The lowest BCUT2D eigenvalue weighted by atomic mass is 9.98. The molecule has 0 spiro atoms. The van der Waals surface area contributed by atoms with Gasteiger partial charge in [-0.3, -0.25) is 0 Å². The quantitative estimate of drug-likeness (QED) is 0.872. The Hall–Kier alpha value is -1.94. The van der Waals surface area contributed by atoms with E-state index < -0.39 is 6.04 Å². The van der Waals surface area contributed by atoms with Gasteiger partial charge < -0.3 is 11.5 Å². The van der Waals surface area contributed by atoms with Crippen molar-refractivity contribution in [1.29, 1.82) is 0 Å². The number of nitrogens with zero attached hydrogens (tertiary/aromatic N) is 1. The van der Waals surface area contributed by atoms with Crippen molar-refractivity contribution >= 4 is 5.82 Å². The van der Waals surface area contributed by atoms with Gasteiger partial charge in [0.2, 0.25) is 0 Å².